The number of rotatable bonds is 5. The smallest absolute Gasteiger partial charge is 0.312 e. The molecular weight excluding hydrogens is 280 g/mol. The van der Waals surface area contributed by atoms with Crippen LogP contribution in [0.25, 0.3) is 0 Å². The monoisotopic (exact) mass is 314 g/mol. The van der Waals surface area contributed by atoms with E-state index in [9.17, 15) is 4.79 Å². The third-order valence-electron chi connectivity index (χ3n) is 5.54. The Morgan fingerprint density at radius 3 is 2.10 bits per heavy atom. The summed E-state index contributed by atoms with van der Waals surface area (Å²) in [4.78, 5) is 12.2. The number of hydrogen-bond acceptors (Lipinski definition) is 3. The summed E-state index contributed by atoms with van der Waals surface area (Å²) in [5.41, 5.74) is -0.261. The lowest BCUT2D eigenvalue weighted by Gasteiger charge is -2.43. The Bertz CT molecular complexity index is 350. The van der Waals surface area contributed by atoms with E-state index >= 15 is 0 Å². The highest BCUT2D eigenvalue weighted by molar-refractivity contribution is 6.74. The SMILES string of the molecule is CCOC(=O)[C@]1(CC)CC[C@@H](O[Si](C)(C)C(C)(C)C)CC1. The molecule has 1 rings (SSSR count). The van der Waals surface area contributed by atoms with Crippen LogP contribution in [0.3, 0.4) is 0 Å². The molecule has 0 saturated heterocycles. The number of carbonyl (C=O) groups excluding carboxylic acids is 1. The van der Waals surface area contributed by atoms with Crippen LogP contribution in [0.5, 0.6) is 0 Å². The van der Waals surface area contributed by atoms with Crippen molar-refractivity contribution in [3.8, 4) is 0 Å². The molecule has 1 aliphatic carbocycles. The standard InChI is InChI=1S/C17H34O3Si/c1-8-17(15(18)19-9-2)12-10-14(11-13-17)20-21(6,7)16(3,4)5/h14H,8-13H2,1-7H3/t14-,17-. The summed E-state index contributed by atoms with van der Waals surface area (Å²) in [5.74, 6) is -0.00160. The maximum atomic E-state index is 12.2. The first-order valence-electron chi connectivity index (χ1n) is 8.43. The average molecular weight is 315 g/mol. The zero-order valence-corrected chi connectivity index (χ0v) is 16.0. The average Bonchev–Trinajstić information content (AvgIpc) is 2.38. The molecule has 1 aliphatic rings. The number of ether oxygens (including phenoxy) is 1. The number of hydrogen-bond donors (Lipinski definition) is 0. The van der Waals surface area contributed by atoms with Crippen molar-refractivity contribution in [3.63, 3.8) is 0 Å². The molecule has 0 aromatic heterocycles. The van der Waals surface area contributed by atoms with E-state index < -0.39 is 8.32 Å². The molecule has 4 heteroatoms. The van der Waals surface area contributed by atoms with Gasteiger partial charge in [0.15, 0.2) is 8.32 Å². The molecule has 1 saturated carbocycles. The van der Waals surface area contributed by atoms with Gasteiger partial charge in [0.05, 0.1) is 12.0 Å². The summed E-state index contributed by atoms with van der Waals surface area (Å²) >= 11 is 0. The normalized spacial score (nSPS) is 27.5. The van der Waals surface area contributed by atoms with Crippen LogP contribution in [0.15, 0.2) is 0 Å². The van der Waals surface area contributed by atoms with Gasteiger partial charge >= 0.3 is 5.97 Å². The van der Waals surface area contributed by atoms with Gasteiger partial charge in [0.1, 0.15) is 0 Å². The molecule has 0 N–H and O–H groups in total. The van der Waals surface area contributed by atoms with Crippen LogP contribution in [-0.4, -0.2) is 27.0 Å². The molecule has 3 nitrogen and oxygen atoms in total. The highest BCUT2D eigenvalue weighted by Crippen LogP contribution is 2.44. The molecule has 0 spiro atoms. The van der Waals surface area contributed by atoms with E-state index in [4.69, 9.17) is 9.16 Å². The van der Waals surface area contributed by atoms with E-state index in [-0.39, 0.29) is 16.4 Å². The summed E-state index contributed by atoms with van der Waals surface area (Å²) < 4.78 is 11.8. The number of carbonyl (C=O) groups is 1. The van der Waals surface area contributed by atoms with E-state index in [1.807, 2.05) is 6.92 Å². The molecule has 0 atom stereocenters. The van der Waals surface area contributed by atoms with Gasteiger partial charge in [0.2, 0.25) is 0 Å². The molecule has 124 valence electrons. The highest BCUT2D eigenvalue weighted by Gasteiger charge is 2.45. The van der Waals surface area contributed by atoms with Crippen LogP contribution < -0.4 is 0 Å². The van der Waals surface area contributed by atoms with E-state index in [1.165, 1.54) is 0 Å². The fourth-order valence-corrected chi connectivity index (χ4v) is 4.26. The van der Waals surface area contributed by atoms with Crippen molar-refractivity contribution in [2.45, 2.75) is 91.0 Å². The molecule has 0 heterocycles. The minimum Gasteiger partial charge on any atom is -0.466 e. The first-order chi connectivity index (χ1) is 9.58. The van der Waals surface area contributed by atoms with Crippen molar-refractivity contribution < 1.29 is 14.0 Å². The Balaban J connectivity index is 2.65. The van der Waals surface area contributed by atoms with Crippen LogP contribution in [0.2, 0.25) is 18.1 Å². The lowest BCUT2D eigenvalue weighted by atomic mass is 9.71. The summed E-state index contributed by atoms with van der Waals surface area (Å²) in [5, 5.41) is 0.243. The van der Waals surface area contributed by atoms with Gasteiger partial charge in [0.25, 0.3) is 0 Å². The molecule has 0 amide bonds. The zero-order chi connectivity index (χ0) is 16.3. The van der Waals surface area contributed by atoms with Crippen LogP contribution in [0.4, 0.5) is 0 Å². The number of esters is 1. The Morgan fingerprint density at radius 1 is 1.19 bits per heavy atom. The second-order valence-electron chi connectivity index (χ2n) is 7.93. The second kappa shape index (κ2) is 6.82. The van der Waals surface area contributed by atoms with Crippen molar-refractivity contribution in [3.05, 3.63) is 0 Å². The Morgan fingerprint density at radius 2 is 1.71 bits per heavy atom. The Hall–Kier alpha value is -0.353. The molecule has 0 aliphatic heterocycles. The fraction of sp³-hybridized carbons (Fsp3) is 0.941. The lowest BCUT2D eigenvalue weighted by Crippen LogP contribution is -2.46. The van der Waals surface area contributed by atoms with E-state index in [1.54, 1.807) is 0 Å². The topological polar surface area (TPSA) is 35.5 Å². The minimum atomic E-state index is -1.71. The Labute approximate surface area is 131 Å². The summed E-state index contributed by atoms with van der Waals surface area (Å²) in [7, 11) is -1.71. The largest absolute Gasteiger partial charge is 0.466 e. The van der Waals surface area contributed by atoms with Crippen molar-refractivity contribution in [2.24, 2.45) is 5.41 Å². The van der Waals surface area contributed by atoms with E-state index in [0.29, 0.717) is 12.7 Å². The van der Waals surface area contributed by atoms with Gasteiger partial charge in [-0.25, -0.2) is 0 Å². The minimum absolute atomic E-state index is 0.00160. The molecule has 0 bridgehead atoms. The molecular formula is C17H34O3Si. The van der Waals surface area contributed by atoms with E-state index in [2.05, 4.69) is 40.8 Å². The molecule has 0 aromatic carbocycles. The van der Waals surface area contributed by atoms with Gasteiger partial charge in [-0.05, 0) is 57.2 Å². The predicted octanol–water partition coefficient (Wildman–Crippen LogP) is 4.91. The third kappa shape index (κ3) is 4.32. The van der Waals surface area contributed by atoms with Gasteiger partial charge < -0.3 is 9.16 Å². The highest BCUT2D eigenvalue weighted by atomic mass is 28.4. The van der Waals surface area contributed by atoms with Gasteiger partial charge in [-0.15, -0.1) is 0 Å². The van der Waals surface area contributed by atoms with E-state index in [0.717, 1.165) is 32.1 Å². The van der Waals surface area contributed by atoms with Gasteiger partial charge in [-0.3, -0.25) is 4.79 Å². The van der Waals surface area contributed by atoms with Gasteiger partial charge in [-0.1, -0.05) is 27.7 Å². The first kappa shape index (κ1) is 18.7. The summed E-state index contributed by atoms with van der Waals surface area (Å²) in [6.45, 7) is 15.9. The van der Waals surface area contributed by atoms with Crippen LogP contribution in [0.1, 0.15) is 66.7 Å². The molecule has 1 fully saturated rings. The molecule has 0 aromatic rings. The Kier molecular flexibility index (Phi) is 6.07. The predicted molar refractivity (Wildman–Crippen MR) is 89.9 cm³/mol. The zero-order valence-electron chi connectivity index (χ0n) is 15.0. The van der Waals surface area contributed by atoms with Crippen LogP contribution >= 0.6 is 0 Å². The maximum Gasteiger partial charge on any atom is 0.312 e. The van der Waals surface area contributed by atoms with Crippen molar-refractivity contribution >= 4 is 14.3 Å². The van der Waals surface area contributed by atoms with Crippen LogP contribution in [0, 0.1) is 5.41 Å². The quantitative estimate of drug-likeness (QED) is 0.534. The first-order valence-corrected chi connectivity index (χ1v) is 11.3. The van der Waals surface area contributed by atoms with Gasteiger partial charge in [0, 0.05) is 6.10 Å². The van der Waals surface area contributed by atoms with Crippen molar-refractivity contribution in [2.75, 3.05) is 6.61 Å². The van der Waals surface area contributed by atoms with Crippen molar-refractivity contribution in [1.82, 2.24) is 0 Å². The molecule has 0 unspecified atom stereocenters. The molecule has 21 heavy (non-hydrogen) atoms. The van der Waals surface area contributed by atoms with Gasteiger partial charge in [-0.2, -0.15) is 0 Å². The summed E-state index contributed by atoms with van der Waals surface area (Å²) in [6.07, 6.45) is 4.97. The molecule has 0 radical (unpaired) electrons. The summed E-state index contributed by atoms with van der Waals surface area (Å²) in [6, 6.07) is 0. The van der Waals surface area contributed by atoms with Crippen molar-refractivity contribution in [1.29, 1.82) is 0 Å². The lowest BCUT2D eigenvalue weighted by molar-refractivity contribution is -0.159. The maximum absolute atomic E-state index is 12.2. The fourth-order valence-electron chi connectivity index (χ4n) is 2.84. The third-order valence-corrected chi connectivity index (χ3v) is 10.1. The van der Waals surface area contributed by atoms with Crippen LogP contribution in [-0.2, 0) is 14.0 Å². The second-order valence-corrected chi connectivity index (χ2v) is 12.7.